The Morgan fingerprint density at radius 3 is 2.50 bits per heavy atom. The van der Waals surface area contributed by atoms with Crippen LogP contribution in [0.25, 0.3) is 0 Å². The predicted molar refractivity (Wildman–Crippen MR) is 52.2 cm³/mol. The van der Waals surface area contributed by atoms with Gasteiger partial charge in [0, 0.05) is 6.61 Å². The van der Waals surface area contributed by atoms with E-state index in [1.54, 1.807) is 0 Å². The Kier molecular flexibility index (Phi) is 2.62. The first kappa shape index (κ1) is 9.79. The van der Waals surface area contributed by atoms with Crippen LogP contribution in [0.2, 0.25) is 0 Å². The maximum absolute atomic E-state index is 5.68. The highest BCUT2D eigenvalue weighted by Crippen LogP contribution is 2.41. The molecule has 1 aliphatic heterocycles. The number of hydrogen-bond acceptors (Lipinski definition) is 1. The molecule has 0 aromatic carbocycles. The van der Waals surface area contributed by atoms with Gasteiger partial charge < -0.3 is 4.74 Å². The summed E-state index contributed by atoms with van der Waals surface area (Å²) in [7, 11) is 0. The summed E-state index contributed by atoms with van der Waals surface area (Å²) in [5.74, 6) is 0. The van der Waals surface area contributed by atoms with Crippen LogP contribution in [0, 0.1) is 5.41 Å². The predicted octanol–water partition coefficient (Wildman–Crippen LogP) is 3.16. The summed E-state index contributed by atoms with van der Waals surface area (Å²) in [6.07, 6.45) is 5.55. The summed E-state index contributed by atoms with van der Waals surface area (Å²) < 4.78 is 5.68. The molecular weight excluding hydrogens is 148 g/mol. The van der Waals surface area contributed by atoms with Crippen LogP contribution >= 0.6 is 0 Å². The molecule has 1 heteroatoms. The van der Waals surface area contributed by atoms with Gasteiger partial charge in [-0.15, -0.1) is 6.58 Å². The third kappa shape index (κ3) is 1.89. The van der Waals surface area contributed by atoms with Crippen molar-refractivity contribution in [1.82, 2.24) is 0 Å². The summed E-state index contributed by atoms with van der Waals surface area (Å²) in [6.45, 7) is 11.4. The number of allylic oxidation sites excluding steroid dienone is 1. The van der Waals surface area contributed by atoms with E-state index in [4.69, 9.17) is 4.74 Å². The van der Waals surface area contributed by atoms with Crippen LogP contribution in [0.15, 0.2) is 12.7 Å². The van der Waals surface area contributed by atoms with Crippen LogP contribution in [0.4, 0.5) is 0 Å². The second kappa shape index (κ2) is 3.21. The maximum Gasteiger partial charge on any atom is 0.0634 e. The number of hydrogen-bond donors (Lipinski definition) is 0. The van der Waals surface area contributed by atoms with E-state index in [0.29, 0.717) is 5.41 Å². The van der Waals surface area contributed by atoms with E-state index in [-0.39, 0.29) is 5.60 Å². The molecule has 70 valence electrons. The third-order valence-electron chi connectivity index (χ3n) is 3.01. The van der Waals surface area contributed by atoms with Gasteiger partial charge in [-0.05, 0) is 38.5 Å². The molecule has 0 spiro atoms. The van der Waals surface area contributed by atoms with Crippen LogP contribution in [0.5, 0.6) is 0 Å². The molecule has 1 fully saturated rings. The van der Waals surface area contributed by atoms with E-state index in [1.165, 1.54) is 6.42 Å². The molecule has 1 heterocycles. The fraction of sp³-hybridized carbons (Fsp3) is 0.818. The SMILES string of the molecule is C=CC1(CC)CCOC(C)(C)C1. The van der Waals surface area contributed by atoms with Gasteiger partial charge in [-0.3, -0.25) is 0 Å². The van der Waals surface area contributed by atoms with Crippen molar-refractivity contribution in [3.05, 3.63) is 12.7 Å². The highest BCUT2D eigenvalue weighted by Gasteiger charge is 2.37. The molecule has 0 saturated carbocycles. The molecular formula is C11H20O. The summed E-state index contributed by atoms with van der Waals surface area (Å²) in [5.41, 5.74) is 0.379. The highest BCUT2D eigenvalue weighted by atomic mass is 16.5. The summed E-state index contributed by atoms with van der Waals surface area (Å²) in [4.78, 5) is 0. The standard InChI is InChI=1S/C11H20O/c1-5-11(6-2)7-8-12-10(3,4)9-11/h5H,1,6-9H2,2-4H3. The molecule has 0 aromatic rings. The van der Waals surface area contributed by atoms with Crippen molar-refractivity contribution in [3.63, 3.8) is 0 Å². The van der Waals surface area contributed by atoms with Gasteiger partial charge in [0.25, 0.3) is 0 Å². The summed E-state index contributed by atoms with van der Waals surface area (Å²) >= 11 is 0. The molecule has 1 nitrogen and oxygen atoms in total. The van der Waals surface area contributed by atoms with Crippen molar-refractivity contribution < 1.29 is 4.74 Å². The van der Waals surface area contributed by atoms with Crippen molar-refractivity contribution in [2.45, 2.75) is 45.6 Å². The number of rotatable bonds is 2. The molecule has 1 unspecified atom stereocenters. The smallest absolute Gasteiger partial charge is 0.0634 e. The van der Waals surface area contributed by atoms with Crippen LogP contribution in [0.3, 0.4) is 0 Å². The second-order valence-corrected chi connectivity index (χ2v) is 4.45. The van der Waals surface area contributed by atoms with E-state index in [1.807, 2.05) is 0 Å². The topological polar surface area (TPSA) is 9.23 Å². The monoisotopic (exact) mass is 168 g/mol. The van der Waals surface area contributed by atoms with Crippen LogP contribution in [-0.2, 0) is 4.74 Å². The van der Waals surface area contributed by atoms with E-state index < -0.39 is 0 Å². The Labute approximate surface area is 75.8 Å². The first-order chi connectivity index (χ1) is 5.54. The largest absolute Gasteiger partial charge is 0.376 e. The minimum atomic E-state index is 0.0441. The van der Waals surface area contributed by atoms with Crippen LogP contribution in [-0.4, -0.2) is 12.2 Å². The number of ether oxygens (including phenoxy) is 1. The highest BCUT2D eigenvalue weighted by molar-refractivity contribution is 5.00. The quantitative estimate of drug-likeness (QED) is 0.575. The molecule has 1 rings (SSSR count). The molecule has 0 radical (unpaired) electrons. The van der Waals surface area contributed by atoms with Gasteiger partial charge >= 0.3 is 0 Å². The normalized spacial score (nSPS) is 34.6. The van der Waals surface area contributed by atoms with E-state index in [2.05, 4.69) is 33.4 Å². The summed E-state index contributed by atoms with van der Waals surface area (Å²) in [6, 6.07) is 0. The van der Waals surface area contributed by atoms with Gasteiger partial charge in [0.1, 0.15) is 0 Å². The molecule has 0 aliphatic carbocycles. The minimum absolute atomic E-state index is 0.0441. The van der Waals surface area contributed by atoms with Crippen molar-refractivity contribution in [2.75, 3.05) is 6.61 Å². The lowest BCUT2D eigenvalue weighted by atomic mass is 9.72. The maximum atomic E-state index is 5.68. The van der Waals surface area contributed by atoms with Crippen molar-refractivity contribution in [1.29, 1.82) is 0 Å². The van der Waals surface area contributed by atoms with Gasteiger partial charge in [0.15, 0.2) is 0 Å². The van der Waals surface area contributed by atoms with E-state index in [0.717, 1.165) is 19.4 Å². The van der Waals surface area contributed by atoms with Gasteiger partial charge in [-0.2, -0.15) is 0 Å². The summed E-state index contributed by atoms with van der Waals surface area (Å²) in [5, 5.41) is 0. The zero-order valence-corrected chi connectivity index (χ0v) is 8.52. The Hall–Kier alpha value is -0.300. The lowest BCUT2D eigenvalue weighted by Crippen LogP contribution is -2.39. The third-order valence-corrected chi connectivity index (χ3v) is 3.01. The van der Waals surface area contributed by atoms with Gasteiger partial charge in [-0.1, -0.05) is 13.0 Å². The van der Waals surface area contributed by atoms with Gasteiger partial charge in [0.05, 0.1) is 5.60 Å². The zero-order chi connectivity index (χ0) is 9.24. The van der Waals surface area contributed by atoms with Crippen molar-refractivity contribution in [3.8, 4) is 0 Å². The molecule has 12 heavy (non-hydrogen) atoms. The van der Waals surface area contributed by atoms with Gasteiger partial charge in [-0.25, -0.2) is 0 Å². The van der Waals surface area contributed by atoms with Gasteiger partial charge in [0.2, 0.25) is 0 Å². The Balaban J connectivity index is 2.72. The molecule has 1 aliphatic rings. The minimum Gasteiger partial charge on any atom is -0.376 e. The Morgan fingerprint density at radius 2 is 2.17 bits per heavy atom. The molecule has 0 N–H and O–H groups in total. The van der Waals surface area contributed by atoms with Crippen LogP contribution in [0.1, 0.15) is 40.0 Å². The molecule has 0 amide bonds. The van der Waals surface area contributed by atoms with Crippen molar-refractivity contribution in [2.24, 2.45) is 5.41 Å². The van der Waals surface area contributed by atoms with E-state index >= 15 is 0 Å². The van der Waals surface area contributed by atoms with E-state index in [9.17, 15) is 0 Å². The lowest BCUT2D eigenvalue weighted by Gasteiger charge is -2.42. The first-order valence-electron chi connectivity index (χ1n) is 4.81. The molecule has 1 atom stereocenters. The fourth-order valence-electron chi connectivity index (χ4n) is 2.14. The second-order valence-electron chi connectivity index (χ2n) is 4.45. The average Bonchev–Trinajstić information content (AvgIpc) is 2.02. The molecule has 1 saturated heterocycles. The average molecular weight is 168 g/mol. The fourth-order valence-corrected chi connectivity index (χ4v) is 2.14. The van der Waals surface area contributed by atoms with Crippen molar-refractivity contribution >= 4 is 0 Å². The Morgan fingerprint density at radius 1 is 1.50 bits per heavy atom. The molecule has 0 bridgehead atoms. The zero-order valence-electron chi connectivity index (χ0n) is 8.52. The first-order valence-corrected chi connectivity index (χ1v) is 4.81. The molecule has 0 aromatic heterocycles. The van der Waals surface area contributed by atoms with Crippen LogP contribution < -0.4 is 0 Å². The Bertz CT molecular complexity index is 172. The lowest BCUT2D eigenvalue weighted by molar-refractivity contribution is -0.0920.